The second kappa shape index (κ2) is 9.96. The molecule has 0 amide bonds. The summed E-state index contributed by atoms with van der Waals surface area (Å²) in [6, 6.07) is 27.5. The first-order valence-corrected chi connectivity index (χ1v) is 11.7. The summed E-state index contributed by atoms with van der Waals surface area (Å²) >= 11 is 0. The lowest BCUT2D eigenvalue weighted by Crippen LogP contribution is -2.29. The Labute approximate surface area is 201 Å². The van der Waals surface area contributed by atoms with E-state index in [9.17, 15) is 0 Å². The number of fused-ring (bicyclic) bond motifs is 1. The molecule has 4 aromatic rings. The predicted molar refractivity (Wildman–Crippen MR) is 136 cm³/mol. The molecule has 5 rings (SSSR count). The Bertz CT molecular complexity index is 1200. The highest BCUT2D eigenvalue weighted by Gasteiger charge is 2.29. The average molecular weight is 455 g/mol. The predicted octanol–water partition coefficient (Wildman–Crippen LogP) is 6.41. The number of benzene rings is 3. The Morgan fingerprint density at radius 1 is 0.794 bits per heavy atom. The van der Waals surface area contributed by atoms with Gasteiger partial charge in [-0.05, 0) is 90.7 Å². The van der Waals surface area contributed by atoms with Crippen LogP contribution in [0.15, 0.2) is 91.3 Å². The van der Waals surface area contributed by atoms with Crippen LogP contribution < -0.4 is 19.1 Å². The van der Waals surface area contributed by atoms with Crippen molar-refractivity contribution in [1.29, 1.82) is 0 Å². The van der Waals surface area contributed by atoms with Gasteiger partial charge in [0.1, 0.15) is 23.9 Å². The Balaban J connectivity index is 1.42. The smallest absolute Gasteiger partial charge is 0.119 e. The summed E-state index contributed by atoms with van der Waals surface area (Å²) in [7, 11) is 3.42. The van der Waals surface area contributed by atoms with Crippen molar-refractivity contribution in [3.8, 4) is 17.2 Å². The summed E-state index contributed by atoms with van der Waals surface area (Å²) in [5.41, 5.74) is 4.93. The molecule has 1 aromatic heterocycles. The number of hydrogen-bond acceptors (Lipinski definition) is 4. The third-order valence-corrected chi connectivity index (χ3v) is 6.44. The molecule has 3 aromatic carbocycles. The zero-order valence-electron chi connectivity index (χ0n) is 19.7. The van der Waals surface area contributed by atoms with Gasteiger partial charge in [-0.15, -0.1) is 0 Å². The van der Waals surface area contributed by atoms with Crippen LogP contribution in [0, 0.1) is 0 Å². The van der Waals surface area contributed by atoms with Crippen molar-refractivity contribution in [2.75, 3.05) is 25.7 Å². The normalized spacial score (nSPS) is 15.0. The van der Waals surface area contributed by atoms with Crippen LogP contribution in [0.25, 0.3) is 0 Å². The molecule has 0 aliphatic carbocycles. The van der Waals surface area contributed by atoms with Crippen LogP contribution >= 0.6 is 0 Å². The minimum absolute atomic E-state index is 0.229. The molecule has 1 aliphatic heterocycles. The van der Waals surface area contributed by atoms with E-state index in [4.69, 9.17) is 14.2 Å². The first-order chi connectivity index (χ1) is 16.7. The molecule has 0 fully saturated rings. The van der Waals surface area contributed by atoms with Gasteiger partial charge in [-0.2, -0.15) is 0 Å². The molecular formula is C29H30N2O3. The highest BCUT2D eigenvalue weighted by atomic mass is 16.5. The molecule has 1 unspecified atom stereocenters. The minimum Gasteiger partial charge on any atom is -0.497 e. The maximum absolute atomic E-state index is 5.99. The molecule has 1 atom stereocenters. The molecule has 0 spiro atoms. The summed E-state index contributed by atoms with van der Waals surface area (Å²) < 4.78 is 19.0. The summed E-state index contributed by atoms with van der Waals surface area (Å²) in [5, 5.41) is 0. The van der Waals surface area contributed by atoms with E-state index in [2.05, 4.69) is 70.4 Å². The standard InChI is InChI=1S/C29H30N2O3/c1-32-25-10-5-22(6-11-25)28-15-7-23-21-27(33-2)14-16-29(23)31(28)24-8-12-26(13-9-24)34-20-19-30-17-3-4-18-30/h3-6,8-14,16-18,21,28H,7,15,19-20H2,1-2H3. The van der Waals surface area contributed by atoms with Crippen LogP contribution in [0.4, 0.5) is 11.4 Å². The molecule has 5 nitrogen and oxygen atoms in total. The van der Waals surface area contributed by atoms with Crippen molar-refractivity contribution in [2.24, 2.45) is 0 Å². The number of rotatable bonds is 8. The summed E-state index contributed by atoms with van der Waals surface area (Å²) in [5.74, 6) is 2.65. The molecule has 0 radical (unpaired) electrons. The third kappa shape index (κ3) is 4.60. The molecule has 174 valence electrons. The average Bonchev–Trinajstić information content (AvgIpc) is 3.42. The van der Waals surface area contributed by atoms with Crippen LogP contribution in [0.1, 0.15) is 23.6 Å². The van der Waals surface area contributed by atoms with Crippen molar-refractivity contribution in [2.45, 2.75) is 25.4 Å². The highest BCUT2D eigenvalue weighted by molar-refractivity contribution is 5.71. The number of aromatic nitrogens is 1. The van der Waals surface area contributed by atoms with Crippen molar-refractivity contribution in [3.63, 3.8) is 0 Å². The van der Waals surface area contributed by atoms with E-state index in [1.807, 2.05) is 30.3 Å². The molecule has 0 bridgehead atoms. The number of aryl methyl sites for hydroxylation is 1. The SMILES string of the molecule is COc1ccc(C2CCc3cc(OC)ccc3N2c2ccc(OCCn3cccc3)cc2)cc1. The molecule has 1 aliphatic rings. The molecule has 34 heavy (non-hydrogen) atoms. The highest BCUT2D eigenvalue weighted by Crippen LogP contribution is 2.45. The third-order valence-electron chi connectivity index (χ3n) is 6.44. The first kappa shape index (κ1) is 22.0. The van der Waals surface area contributed by atoms with Crippen LogP contribution in [-0.2, 0) is 13.0 Å². The van der Waals surface area contributed by atoms with Gasteiger partial charge in [-0.1, -0.05) is 12.1 Å². The molecule has 2 heterocycles. The Hall–Kier alpha value is -3.86. The summed E-state index contributed by atoms with van der Waals surface area (Å²) in [6.07, 6.45) is 6.12. The van der Waals surface area contributed by atoms with Gasteiger partial charge in [-0.3, -0.25) is 0 Å². The van der Waals surface area contributed by atoms with E-state index in [1.54, 1.807) is 14.2 Å². The van der Waals surface area contributed by atoms with E-state index in [0.717, 1.165) is 42.3 Å². The fraction of sp³-hybridized carbons (Fsp3) is 0.241. The second-order valence-corrected chi connectivity index (χ2v) is 8.46. The number of ether oxygens (including phenoxy) is 3. The van der Waals surface area contributed by atoms with E-state index in [0.29, 0.717) is 6.61 Å². The van der Waals surface area contributed by atoms with E-state index >= 15 is 0 Å². The number of anilines is 2. The maximum atomic E-state index is 5.99. The lowest BCUT2D eigenvalue weighted by atomic mass is 9.90. The van der Waals surface area contributed by atoms with Gasteiger partial charge in [0.05, 0.1) is 26.8 Å². The monoisotopic (exact) mass is 454 g/mol. The van der Waals surface area contributed by atoms with Crippen molar-refractivity contribution in [3.05, 3.63) is 102 Å². The number of methoxy groups -OCH3 is 2. The molecule has 5 heteroatoms. The van der Waals surface area contributed by atoms with Gasteiger partial charge in [0.15, 0.2) is 0 Å². The minimum atomic E-state index is 0.229. The molecule has 0 N–H and O–H groups in total. The van der Waals surface area contributed by atoms with Gasteiger partial charge >= 0.3 is 0 Å². The van der Waals surface area contributed by atoms with Crippen molar-refractivity contribution < 1.29 is 14.2 Å². The first-order valence-electron chi connectivity index (χ1n) is 11.7. The number of nitrogens with zero attached hydrogens (tertiary/aromatic N) is 2. The van der Waals surface area contributed by atoms with Crippen molar-refractivity contribution in [1.82, 2.24) is 4.57 Å². The number of hydrogen-bond donors (Lipinski definition) is 0. The van der Waals surface area contributed by atoms with E-state index in [1.165, 1.54) is 16.8 Å². The molecule has 0 saturated heterocycles. The zero-order chi connectivity index (χ0) is 23.3. The van der Waals surface area contributed by atoms with Crippen LogP contribution in [0.3, 0.4) is 0 Å². The topological polar surface area (TPSA) is 35.9 Å². The largest absolute Gasteiger partial charge is 0.497 e. The fourth-order valence-electron chi connectivity index (χ4n) is 4.67. The Morgan fingerprint density at radius 3 is 2.18 bits per heavy atom. The summed E-state index contributed by atoms with van der Waals surface area (Å²) in [6.45, 7) is 1.46. The quantitative estimate of drug-likeness (QED) is 0.308. The van der Waals surface area contributed by atoms with E-state index in [-0.39, 0.29) is 6.04 Å². The van der Waals surface area contributed by atoms with Crippen LogP contribution in [0.5, 0.6) is 17.2 Å². The van der Waals surface area contributed by atoms with Gasteiger partial charge in [-0.25, -0.2) is 0 Å². The zero-order valence-corrected chi connectivity index (χ0v) is 19.7. The summed E-state index contributed by atoms with van der Waals surface area (Å²) in [4.78, 5) is 2.43. The molecule has 0 saturated carbocycles. The lowest BCUT2D eigenvalue weighted by molar-refractivity contribution is 0.298. The maximum Gasteiger partial charge on any atom is 0.119 e. The van der Waals surface area contributed by atoms with Crippen LogP contribution in [0.2, 0.25) is 0 Å². The van der Waals surface area contributed by atoms with Gasteiger partial charge < -0.3 is 23.7 Å². The van der Waals surface area contributed by atoms with Gasteiger partial charge in [0.25, 0.3) is 0 Å². The van der Waals surface area contributed by atoms with Gasteiger partial charge in [0, 0.05) is 23.8 Å². The fourth-order valence-corrected chi connectivity index (χ4v) is 4.67. The Morgan fingerprint density at radius 2 is 1.47 bits per heavy atom. The molecular weight excluding hydrogens is 424 g/mol. The van der Waals surface area contributed by atoms with Crippen molar-refractivity contribution >= 4 is 11.4 Å². The van der Waals surface area contributed by atoms with E-state index < -0.39 is 0 Å². The lowest BCUT2D eigenvalue weighted by Gasteiger charge is -2.39. The van der Waals surface area contributed by atoms with Crippen LogP contribution in [-0.4, -0.2) is 25.4 Å². The Kier molecular flexibility index (Phi) is 6.43. The second-order valence-electron chi connectivity index (χ2n) is 8.46. The van der Waals surface area contributed by atoms with Gasteiger partial charge in [0.2, 0.25) is 0 Å².